The average molecular weight is 318 g/mol. The minimum Gasteiger partial charge on any atom is -0.324 e. The van der Waals surface area contributed by atoms with E-state index in [1.807, 2.05) is 45.9 Å². The molecule has 1 aliphatic heterocycles. The standard InChI is InChI=1S/C17H22N2O2S/c1-11(2)7-16(20)19-10-22-9-15(19)17(21)18-14-6-5-12(3)13(4)8-14/h5-8,15H,9-10H2,1-4H3,(H,18,21). The summed E-state index contributed by atoms with van der Waals surface area (Å²) in [5.41, 5.74) is 4.04. The summed E-state index contributed by atoms with van der Waals surface area (Å²) in [6, 6.07) is 5.43. The molecule has 0 aliphatic carbocycles. The van der Waals surface area contributed by atoms with Crippen LogP contribution in [0.5, 0.6) is 0 Å². The summed E-state index contributed by atoms with van der Waals surface area (Å²) >= 11 is 1.61. The molecule has 1 aromatic rings. The van der Waals surface area contributed by atoms with Crippen LogP contribution in [0.2, 0.25) is 0 Å². The molecule has 22 heavy (non-hydrogen) atoms. The lowest BCUT2D eigenvalue weighted by atomic mass is 10.1. The van der Waals surface area contributed by atoms with Gasteiger partial charge >= 0.3 is 0 Å². The van der Waals surface area contributed by atoms with Crippen LogP contribution in [0.25, 0.3) is 0 Å². The smallest absolute Gasteiger partial charge is 0.248 e. The Labute approximate surface area is 136 Å². The van der Waals surface area contributed by atoms with Gasteiger partial charge < -0.3 is 10.2 Å². The van der Waals surface area contributed by atoms with Gasteiger partial charge in [0.1, 0.15) is 6.04 Å². The molecule has 2 rings (SSSR count). The van der Waals surface area contributed by atoms with E-state index in [1.54, 1.807) is 22.7 Å². The van der Waals surface area contributed by atoms with Gasteiger partial charge in [0, 0.05) is 17.5 Å². The first-order valence-electron chi connectivity index (χ1n) is 7.30. The number of nitrogens with one attached hydrogen (secondary N) is 1. The van der Waals surface area contributed by atoms with E-state index in [0.717, 1.165) is 16.8 Å². The van der Waals surface area contributed by atoms with Gasteiger partial charge in [-0.25, -0.2) is 0 Å². The molecule has 1 N–H and O–H groups in total. The molecule has 2 amide bonds. The molecule has 1 aliphatic rings. The molecule has 0 spiro atoms. The van der Waals surface area contributed by atoms with Crippen LogP contribution in [0.3, 0.4) is 0 Å². The number of carbonyl (C=O) groups is 2. The van der Waals surface area contributed by atoms with Crippen LogP contribution in [0.4, 0.5) is 5.69 Å². The van der Waals surface area contributed by atoms with E-state index in [9.17, 15) is 9.59 Å². The fraction of sp³-hybridized carbons (Fsp3) is 0.412. The van der Waals surface area contributed by atoms with Crippen LogP contribution >= 0.6 is 11.8 Å². The molecule has 0 bridgehead atoms. The van der Waals surface area contributed by atoms with Gasteiger partial charge in [-0.15, -0.1) is 11.8 Å². The Kier molecular flexibility index (Phi) is 5.29. The number of rotatable bonds is 3. The highest BCUT2D eigenvalue weighted by atomic mass is 32.2. The molecule has 1 saturated heterocycles. The number of carbonyl (C=O) groups excluding carboxylic acids is 2. The van der Waals surface area contributed by atoms with Gasteiger partial charge in [-0.05, 0) is 51.0 Å². The van der Waals surface area contributed by atoms with Crippen molar-refractivity contribution >= 4 is 29.3 Å². The maximum absolute atomic E-state index is 12.5. The molecule has 5 heteroatoms. The Morgan fingerprint density at radius 2 is 2.00 bits per heavy atom. The molecule has 0 saturated carbocycles. The summed E-state index contributed by atoms with van der Waals surface area (Å²) in [5.74, 6) is 0.987. The van der Waals surface area contributed by atoms with Crippen molar-refractivity contribution in [3.05, 3.63) is 41.0 Å². The van der Waals surface area contributed by atoms with Crippen LogP contribution < -0.4 is 5.32 Å². The number of hydrogen-bond acceptors (Lipinski definition) is 3. The predicted octanol–water partition coefficient (Wildman–Crippen LogP) is 3.11. The van der Waals surface area contributed by atoms with Crippen LogP contribution in [0.15, 0.2) is 29.8 Å². The monoisotopic (exact) mass is 318 g/mol. The molecular weight excluding hydrogens is 296 g/mol. The molecule has 0 aromatic heterocycles. The molecule has 1 heterocycles. The highest BCUT2D eigenvalue weighted by Crippen LogP contribution is 2.23. The van der Waals surface area contributed by atoms with E-state index in [4.69, 9.17) is 0 Å². The Hall–Kier alpha value is -1.75. The summed E-state index contributed by atoms with van der Waals surface area (Å²) in [4.78, 5) is 26.3. The first-order valence-corrected chi connectivity index (χ1v) is 8.45. The summed E-state index contributed by atoms with van der Waals surface area (Å²) in [5, 5.41) is 2.92. The highest BCUT2D eigenvalue weighted by molar-refractivity contribution is 7.99. The topological polar surface area (TPSA) is 49.4 Å². The molecule has 1 unspecified atom stereocenters. The van der Waals surface area contributed by atoms with Crippen molar-refractivity contribution < 1.29 is 9.59 Å². The van der Waals surface area contributed by atoms with Crippen LogP contribution in [0.1, 0.15) is 25.0 Å². The van der Waals surface area contributed by atoms with E-state index in [-0.39, 0.29) is 11.8 Å². The predicted molar refractivity (Wildman–Crippen MR) is 91.9 cm³/mol. The number of thioether (sulfide) groups is 1. The minimum absolute atomic E-state index is 0.0924. The molecule has 0 radical (unpaired) electrons. The largest absolute Gasteiger partial charge is 0.324 e. The Morgan fingerprint density at radius 1 is 1.27 bits per heavy atom. The number of nitrogens with zero attached hydrogens (tertiary/aromatic N) is 1. The Bertz CT molecular complexity index is 621. The van der Waals surface area contributed by atoms with Crippen molar-refractivity contribution in [3.63, 3.8) is 0 Å². The lowest BCUT2D eigenvalue weighted by Crippen LogP contribution is -2.44. The molecule has 1 fully saturated rings. The molecular formula is C17H22N2O2S. The molecule has 1 aromatic carbocycles. The minimum atomic E-state index is -0.408. The number of benzene rings is 1. The number of hydrogen-bond donors (Lipinski definition) is 1. The van der Waals surface area contributed by atoms with Crippen LogP contribution in [0, 0.1) is 13.8 Å². The van der Waals surface area contributed by atoms with Crippen molar-refractivity contribution in [1.29, 1.82) is 0 Å². The second kappa shape index (κ2) is 7.01. The fourth-order valence-corrected chi connectivity index (χ4v) is 3.42. The highest BCUT2D eigenvalue weighted by Gasteiger charge is 2.33. The zero-order valence-corrected chi connectivity index (χ0v) is 14.3. The maximum atomic E-state index is 12.5. The zero-order chi connectivity index (χ0) is 16.3. The average Bonchev–Trinajstić information content (AvgIpc) is 2.91. The summed E-state index contributed by atoms with van der Waals surface area (Å²) < 4.78 is 0. The van der Waals surface area contributed by atoms with Crippen molar-refractivity contribution in [2.75, 3.05) is 16.9 Å². The maximum Gasteiger partial charge on any atom is 0.248 e. The van der Waals surface area contributed by atoms with Crippen molar-refractivity contribution in [3.8, 4) is 0 Å². The summed E-state index contributed by atoms with van der Waals surface area (Å²) in [7, 11) is 0. The van der Waals surface area contributed by atoms with Gasteiger partial charge in [0.05, 0.1) is 5.88 Å². The molecule has 118 valence electrons. The first-order chi connectivity index (χ1) is 10.4. The van der Waals surface area contributed by atoms with Gasteiger partial charge in [0.2, 0.25) is 11.8 Å². The van der Waals surface area contributed by atoms with Crippen LogP contribution in [-0.4, -0.2) is 34.4 Å². The fourth-order valence-electron chi connectivity index (χ4n) is 2.25. The number of amides is 2. The van der Waals surface area contributed by atoms with Crippen LogP contribution in [-0.2, 0) is 9.59 Å². The van der Waals surface area contributed by atoms with E-state index in [2.05, 4.69) is 5.32 Å². The first kappa shape index (κ1) is 16.6. The second-order valence-corrected chi connectivity index (χ2v) is 6.83. The van der Waals surface area contributed by atoms with E-state index in [1.165, 1.54) is 5.56 Å². The number of aryl methyl sites for hydroxylation is 2. The number of anilines is 1. The third kappa shape index (κ3) is 3.91. The van der Waals surface area contributed by atoms with E-state index >= 15 is 0 Å². The van der Waals surface area contributed by atoms with Gasteiger partial charge in [0.15, 0.2) is 0 Å². The Balaban J connectivity index is 2.09. The second-order valence-electron chi connectivity index (χ2n) is 5.83. The SMILES string of the molecule is CC(C)=CC(=O)N1CSCC1C(=O)Nc1ccc(C)c(C)c1. The summed E-state index contributed by atoms with van der Waals surface area (Å²) in [6.07, 6.45) is 1.59. The molecule has 1 atom stereocenters. The zero-order valence-electron chi connectivity index (χ0n) is 13.5. The lowest BCUT2D eigenvalue weighted by Gasteiger charge is -2.22. The quantitative estimate of drug-likeness (QED) is 0.871. The number of allylic oxidation sites excluding steroid dienone is 1. The molecule has 4 nitrogen and oxygen atoms in total. The van der Waals surface area contributed by atoms with Gasteiger partial charge in [-0.3, -0.25) is 9.59 Å². The third-order valence-corrected chi connectivity index (χ3v) is 4.67. The van der Waals surface area contributed by atoms with E-state index < -0.39 is 6.04 Å². The third-order valence-electron chi connectivity index (χ3n) is 3.65. The van der Waals surface area contributed by atoms with Crippen molar-refractivity contribution in [2.45, 2.75) is 33.7 Å². The normalized spacial score (nSPS) is 17.3. The van der Waals surface area contributed by atoms with Gasteiger partial charge in [0.25, 0.3) is 0 Å². The van der Waals surface area contributed by atoms with Crippen molar-refractivity contribution in [1.82, 2.24) is 4.90 Å². The van der Waals surface area contributed by atoms with Gasteiger partial charge in [-0.1, -0.05) is 11.6 Å². The summed E-state index contributed by atoms with van der Waals surface area (Å²) in [6.45, 7) is 7.81. The van der Waals surface area contributed by atoms with E-state index in [0.29, 0.717) is 11.6 Å². The van der Waals surface area contributed by atoms with Crippen molar-refractivity contribution in [2.24, 2.45) is 0 Å². The lowest BCUT2D eigenvalue weighted by molar-refractivity contribution is -0.132. The Morgan fingerprint density at radius 3 is 2.64 bits per heavy atom. The van der Waals surface area contributed by atoms with Gasteiger partial charge in [-0.2, -0.15) is 0 Å².